The van der Waals surface area contributed by atoms with Gasteiger partial charge in [-0.15, -0.1) is 12.4 Å². The van der Waals surface area contributed by atoms with Crippen LogP contribution in [0.3, 0.4) is 0 Å². The summed E-state index contributed by atoms with van der Waals surface area (Å²) < 4.78 is 35.9. The van der Waals surface area contributed by atoms with Crippen LogP contribution in [0.4, 0.5) is 20.2 Å². The van der Waals surface area contributed by atoms with Crippen LogP contribution in [0, 0.1) is 5.82 Å². The van der Waals surface area contributed by atoms with Gasteiger partial charge in [-0.1, -0.05) is 30.3 Å². The zero-order valence-corrected chi connectivity index (χ0v) is 20.5. The fourth-order valence-corrected chi connectivity index (χ4v) is 5.77. The van der Waals surface area contributed by atoms with Crippen molar-refractivity contribution in [3.8, 4) is 0 Å². The van der Waals surface area contributed by atoms with Gasteiger partial charge in [0, 0.05) is 49.4 Å². The van der Waals surface area contributed by atoms with Crippen LogP contribution in [0.25, 0.3) is 11.1 Å². The van der Waals surface area contributed by atoms with Crippen LogP contribution in [-0.2, 0) is 6.54 Å². The van der Waals surface area contributed by atoms with Crippen LogP contribution >= 0.6 is 12.4 Å². The van der Waals surface area contributed by atoms with Gasteiger partial charge in [-0.05, 0) is 60.9 Å². The van der Waals surface area contributed by atoms with Crippen molar-refractivity contribution in [3.63, 3.8) is 0 Å². The van der Waals surface area contributed by atoms with E-state index in [2.05, 4.69) is 17.0 Å². The topological polar surface area (TPSA) is 41.6 Å². The van der Waals surface area contributed by atoms with Crippen molar-refractivity contribution in [1.29, 1.82) is 0 Å². The van der Waals surface area contributed by atoms with Gasteiger partial charge in [0.15, 0.2) is 11.9 Å². The molecule has 0 bridgehead atoms. The lowest BCUT2D eigenvalue weighted by atomic mass is 9.88. The summed E-state index contributed by atoms with van der Waals surface area (Å²) in [4.78, 5) is 16.3. The monoisotopic (exact) mass is 511 g/mol. The second-order valence-electron chi connectivity index (χ2n) is 9.44. The highest BCUT2D eigenvalue weighted by Crippen LogP contribution is 2.49. The number of alkyl halides is 1. The molecule has 0 aliphatic carbocycles. The number of unbranched alkanes of at least 4 members (excludes halogenated alkanes) is 1. The minimum Gasteiger partial charge on any atom is -0.408 e. The van der Waals surface area contributed by atoms with Crippen LogP contribution in [0.1, 0.15) is 30.7 Å². The summed E-state index contributed by atoms with van der Waals surface area (Å²) in [5.41, 5.74) is 4.58. The molecule has 0 spiro atoms. The van der Waals surface area contributed by atoms with Crippen molar-refractivity contribution >= 4 is 34.9 Å². The number of oxazole rings is 1. The number of para-hydroxylation sites is 3. The molecular formula is C28H28ClF2N3O2. The molecule has 8 heteroatoms. The van der Waals surface area contributed by atoms with E-state index in [-0.39, 0.29) is 35.9 Å². The fourth-order valence-electron chi connectivity index (χ4n) is 5.77. The van der Waals surface area contributed by atoms with Crippen molar-refractivity contribution in [3.05, 3.63) is 94.7 Å². The number of piperidine rings is 1. The lowest BCUT2D eigenvalue weighted by molar-refractivity contribution is 0.0293. The summed E-state index contributed by atoms with van der Waals surface area (Å²) in [7, 11) is 0. The van der Waals surface area contributed by atoms with Gasteiger partial charge in [0.2, 0.25) is 0 Å². The Morgan fingerprint density at radius 2 is 1.64 bits per heavy atom. The normalized spacial score (nSPS) is 21.3. The van der Waals surface area contributed by atoms with Crippen molar-refractivity contribution in [2.24, 2.45) is 0 Å². The van der Waals surface area contributed by atoms with Crippen molar-refractivity contribution < 1.29 is 13.2 Å². The number of anilines is 2. The predicted molar refractivity (Wildman–Crippen MR) is 140 cm³/mol. The molecule has 188 valence electrons. The van der Waals surface area contributed by atoms with Gasteiger partial charge in [0.1, 0.15) is 5.82 Å². The van der Waals surface area contributed by atoms with Crippen LogP contribution in [-0.4, -0.2) is 34.9 Å². The molecule has 4 aromatic rings. The Morgan fingerprint density at radius 1 is 0.917 bits per heavy atom. The van der Waals surface area contributed by atoms with Gasteiger partial charge in [-0.2, -0.15) is 0 Å². The van der Waals surface area contributed by atoms with E-state index in [0.29, 0.717) is 31.6 Å². The Bertz CT molecular complexity index is 1400. The van der Waals surface area contributed by atoms with Gasteiger partial charge < -0.3 is 9.32 Å². The Hall–Kier alpha value is -3.16. The van der Waals surface area contributed by atoms with Crippen molar-refractivity contribution in [2.75, 3.05) is 18.0 Å². The largest absolute Gasteiger partial charge is 0.419 e. The van der Waals surface area contributed by atoms with E-state index < -0.39 is 6.30 Å². The molecule has 3 atom stereocenters. The molecule has 0 radical (unpaired) electrons. The van der Waals surface area contributed by atoms with Crippen molar-refractivity contribution in [2.45, 2.75) is 44.1 Å². The minimum absolute atomic E-state index is 0. The summed E-state index contributed by atoms with van der Waals surface area (Å²) in [5, 5.41) is 0. The number of hydrogen-bond donors (Lipinski definition) is 0. The van der Waals surface area contributed by atoms with Gasteiger partial charge in [-0.25, -0.2) is 13.6 Å². The number of fused-ring (bicyclic) bond motifs is 4. The number of aromatic nitrogens is 1. The first-order chi connectivity index (χ1) is 17.1. The molecule has 2 aliphatic rings. The number of aryl methyl sites for hydroxylation is 1. The third-order valence-corrected chi connectivity index (χ3v) is 7.41. The molecule has 1 fully saturated rings. The van der Waals surface area contributed by atoms with Gasteiger partial charge in [-0.3, -0.25) is 9.47 Å². The quantitative estimate of drug-likeness (QED) is 0.227. The molecule has 3 heterocycles. The number of nitrogens with zero attached hydrogens (tertiary/aromatic N) is 3. The highest BCUT2D eigenvalue weighted by atomic mass is 35.5. The lowest BCUT2D eigenvalue weighted by Gasteiger charge is -2.41. The molecule has 6 rings (SSSR count). The van der Waals surface area contributed by atoms with E-state index in [4.69, 9.17) is 4.42 Å². The maximum Gasteiger partial charge on any atom is 0.419 e. The van der Waals surface area contributed by atoms with Gasteiger partial charge in [0.25, 0.3) is 0 Å². The van der Waals surface area contributed by atoms with Crippen molar-refractivity contribution in [1.82, 2.24) is 9.47 Å². The van der Waals surface area contributed by atoms with Crippen LogP contribution in [0.5, 0.6) is 0 Å². The third kappa shape index (κ3) is 4.31. The zero-order chi connectivity index (χ0) is 23.9. The first-order valence-electron chi connectivity index (χ1n) is 12.2. The predicted octanol–water partition coefficient (Wildman–Crippen LogP) is 6.24. The Kier molecular flexibility index (Phi) is 6.86. The molecule has 0 N–H and O–H groups in total. The van der Waals surface area contributed by atoms with E-state index in [0.717, 1.165) is 29.7 Å². The number of rotatable bonds is 6. The Balaban J connectivity index is 0.00000267. The van der Waals surface area contributed by atoms with Crippen LogP contribution < -0.4 is 10.7 Å². The molecule has 36 heavy (non-hydrogen) atoms. The zero-order valence-electron chi connectivity index (χ0n) is 19.7. The first-order valence-corrected chi connectivity index (χ1v) is 12.2. The number of halogens is 3. The van der Waals surface area contributed by atoms with Crippen LogP contribution in [0.2, 0.25) is 0 Å². The van der Waals surface area contributed by atoms with Gasteiger partial charge >= 0.3 is 5.76 Å². The summed E-state index contributed by atoms with van der Waals surface area (Å²) in [6.07, 6.45) is 0.889. The summed E-state index contributed by atoms with van der Waals surface area (Å²) >= 11 is 0. The molecule has 1 saturated heterocycles. The number of benzene rings is 3. The lowest BCUT2D eigenvalue weighted by Crippen LogP contribution is -2.49. The average molecular weight is 512 g/mol. The van der Waals surface area contributed by atoms with E-state index in [1.165, 1.54) is 17.7 Å². The summed E-state index contributed by atoms with van der Waals surface area (Å²) in [5.74, 6) is -0.441. The molecule has 3 unspecified atom stereocenters. The number of hydrogen-bond acceptors (Lipinski definition) is 4. The standard InChI is InChI=1S/C28H27F2N3O2.ClH/c29-19-11-13-20(14-12-19)33-23-8-2-1-7-21(23)22-18-31(27(30)17-25(22)33)15-5-6-16-32-24-9-3-4-10-26(24)35-28(32)34;/h1-4,7-14,22,25,27H,5-6,15-18H2;1H. The van der Waals surface area contributed by atoms with E-state index in [1.807, 2.05) is 35.2 Å². The molecule has 3 aromatic carbocycles. The molecule has 0 amide bonds. The smallest absolute Gasteiger partial charge is 0.408 e. The molecular weight excluding hydrogens is 484 g/mol. The van der Waals surface area contributed by atoms with Gasteiger partial charge in [0.05, 0.1) is 5.52 Å². The maximum atomic E-state index is 15.4. The van der Waals surface area contributed by atoms with E-state index in [1.54, 1.807) is 22.8 Å². The molecule has 1 aromatic heterocycles. The summed E-state index contributed by atoms with van der Waals surface area (Å²) in [6, 6.07) is 22.1. The summed E-state index contributed by atoms with van der Waals surface area (Å²) in [6.45, 7) is 1.82. The number of likely N-dealkylation sites (tertiary alicyclic amines) is 1. The second kappa shape index (κ2) is 10.1. The molecule has 5 nitrogen and oxygen atoms in total. The average Bonchev–Trinajstić information content (AvgIpc) is 3.36. The van der Waals surface area contributed by atoms with Crippen LogP contribution in [0.15, 0.2) is 82.0 Å². The second-order valence-corrected chi connectivity index (χ2v) is 9.44. The maximum absolute atomic E-state index is 15.4. The van der Waals surface area contributed by atoms with E-state index in [9.17, 15) is 9.18 Å². The third-order valence-electron chi connectivity index (χ3n) is 7.41. The highest BCUT2D eigenvalue weighted by Gasteiger charge is 2.45. The SMILES string of the molecule is Cl.O=c1oc2ccccc2n1CCCCN1CC2c3ccccc3N(c3ccc(F)cc3)C2CC1F. The molecule has 2 aliphatic heterocycles. The highest BCUT2D eigenvalue weighted by molar-refractivity contribution is 5.85. The molecule has 0 saturated carbocycles. The first kappa shape index (κ1) is 24.5. The van der Waals surface area contributed by atoms with E-state index >= 15 is 4.39 Å². The fraction of sp³-hybridized carbons (Fsp3) is 0.321. The minimum atomic E-state index is -1.05. The Labute approximate surface area is 214 Å². The Morgan fingerprint density at radius 3 is 2.47 bits per heavy atom.